The van der Waals surface area contributed by atoms with Crippen LogP contribution in [0.25, 0.3) is 0 Å². The van der Waals surface area contributed by atoms with E-state index >= 15 is 0 Å². The van der Waals surface area contributed by atoms with Crippen molar-refractivity contribution in [1.82, 2.24) is 9.99 Å². The Labute approximate surface area is 131 Å². The van der Waals surface area contributed by atoms with E-state index in [2.05, 4.69) is 31.0 Å². The number of hydrogen-bond donors (Lipinski definition) is 2. The van der Waals surface area contributed by atoms with Gasteiger partial charge < -0.3 is 10.2 Å². The number of hydrazone groups is 1. The molecule has 6 nitrogen and oxygen atoms in total. The zero-order valence-electron chi connectivity index (χ0n) is 11.8. The average Bonchev–Trinajstić information content (AvgIpc) is 2.46. The molecule has 1 aliphatic rings. The van der Waals surface area contributed by atoms with Crippen molar-refractivity contribution < 1.29 is 10.2 Å². The van der Waals surface area contributed by atoms with Gasteiger partial charge in [-0.3, -0.25) is 4.99 Å². The van der Waals surface area contributed by atoms with E-state index in [4.69, 9.17) is 0 Å². The Morgan fingerprint density at radius 3 is 2.81 bits per heavy atom. The average molecular weight is 353 g/mol. The number of nitrogens with zero attached hydrogens (tertiary/aromatic N) is 4. The summed E-state index contributed by atoms with van der Waals surface area (Å²) in [5, 5.41) is 24.7. The SMILES string of the molecule is CCC1=CC(C(O)O)=NC(C)N1/N=C/c1ccc(Br)nc1. The molecule has 21 heavy (non-hydrogen) atoms. The second-order valence-corrected chi connectivity index (χ2v) is 5.36. The first-order valence-corrected chi connectivity index (χ1v) is 7.39. The maximum absolute atomic E-state index is 9.24. The standard InChI is InChI=1S/C14H17BrN4O2/c1-3-11-6-12(14(20)21)18-9(2)19(11)17-8-10-4-5-13(15)16-7-10/h4-9,14,20-21H,3H2,1-2H3/b17-8+. The first-order valence-electron chi connectivity index (χ1n) is 6.60. The summed E-state index contributed by atoms with van der Waals surface area (Å²) in [6.45, 7) is 3.83. The van der Waals surface area contributed by atoms with Crippen LogP contribution in [0.15, 0.2) is 44.8 Å². The molecule has 0 saturated heterocycles. The third-order valence-electron chi connectivity index (χ3n) is 3.01. The fourth-order valence-electron chi connectivity index (χ4n) is 1.95. The van der Waals surface area contributed by atoms with E-state index in [1.165, 1.54) is 0 Å². The number of halogens is 1. The van der Waals surface area contributed by atoms with E-state index in [1.54, 1.807) is 23.5 Å². The quantitative estimate of drug-likeness (QED) is 0.492. The Kier molecular flexibility index (Phi) is 5.22. The van der Waals surface area contributed by atoms with Gasteiger partial charge in [-0.05, 0) is 47.5 Å². The third-order valence-corrected chi connectivity index (χ3v) is 3.48. The van der Waals surface area contributed by atoms with Crippen molar-refractivity contribution in [2.75, 3.05) is 0 Å². The zero-order valence-corrected chi connectivity index (χ0v) is 13.4. The summed E-state index contributed by atoms with van der Waals surface area (Å²) in [4.78, 5) is 8.35. The molecule has 2 N–H and O–H groups in total. The van der Waals surface area contributed by atoms with Gasteiger partial charge in [0.2, 0.25) is 0 Å². The molecule has 1 atom stereocenters. The molecule has 0 spiro atoms. The minimum atomic E-state index is -1.56. The lowest BCUT2D eigenvalue weighted by Crippen LogP contribution is -2.34. The Morgan fingerprint density at radius 2 is 2.24 bits per heavy atom. The maximum Gasteiger partial charge on any atom is 0.195 e. The molecular formula is C14H17BrN4O2. The molecule has 1 unspecified atom stereocenters. The molecule has 2 heterocycles. The number of aromatic nitrogens is 1. The summed E-state index contributed by atoms with van der Waals surface area (Å²) in [5.74, 6) is 0. The highest BCUT2D eigenvalue weighted by molar-refractivity contribution is 9.10. The van der Waals surface area contributed by atoms with Crippen LogP contribution in [0.3, 0.4) is 0 Å². The predicted octanol–water partition coefficient (Wildman–Crippen LogP) is 1.89. The van der Waals surface area contributed by atoms with Crippen LogP contribution in [0, 0.1) is 0 Å². The number of aliphatic hydroxyl groups excluding tert-OH is 1. The first kappa shape index (κ1) is 15.8. The highest BCUT2D eigenvalue weighted by atomic mass is 79.9. The second kappa shape index (κ2) is 6.93. The van der Waals surface area contributed by atoms with Gasteiger partial charge in [-0.15, -0.1) is 0 Å². The fourth-order valence-corrected chi connectivity index (χ4v) is 2.19. The van der Waals surface area contributed by atoms with Crippen molar-refractivity contribution in [3.05, 3.63) is 40.3 Å². The molecule has 0 aliphatic carbocycles. The molecule has 0 radical (unpaired) electrons. The van der Waals surface area contributed by atoms with Crippen LogP contribution in [-0.4, -0.2) is 44.6 Å². The van der Waals surface area contributed by atoms with Crippen LogP contribution >= 0.6 is 15.9 Å². The highest BCUT2D eigenvalue weighted by Crippen LogP contribution is 2.20. The number of rotatable bonds is 4. The van der Waals surface area contributed by atoms with Crippen LogP contribution in [0.1, 0.15) is 25.8 Å². The van der Waals surface area contributed by atoms with E-state index in [0.29, 0.717) is 6.42 Å². The normalized spacial score (nSPS) is 19.1. The van der Waals surface area contributed by atoms with Crippen LogP contribution < -0.4 is 0 Å². The number of aliphatic imine (C=N–C) groups is 1. The minimum Gasteiger partial charge on any atom is -0.363 e. The molecule has 0 amide bonds. The van der Waals surface area contributed by atoms with Crippen molar-refractivity contribution in [2.24, 2.45) is 10.1 Å². The van der Waals surface area contributed by atoms with Crippen molar-refractivity contribution >= 4 is 27.9 Å². The second-order valence-electron chi connectivity index (χ2n) is 4.55. The maximum atomic E-state index is 9.24. The lowest BCUT2D eigenvalue weighted by atomic mass is 10.2. The van der Waals surface area contributed by atoms with Gasteiger partial charge in [0.05, 0.1) is 11.9 Å². The van der Waals surface area contributed by atoms with Crippen LogP contribution in [-0.2, 0) is 0 Å². The van der Waals surface area contributed by atoms with Gasteiger partial charge in [0.1, 0.15) is 10.8 Å². The van der Waals surface area contributed by atoms with E-state index < -0.39 is 6.29 Å². The molecule has 112 valence electrons. The lowest BCUT2D eigenvalue weighted by Gasteiger charge is -2.30. The third kappa shape index (κ3) is 3.96. The Morgan fingerprint density at radius 1 is 1.48 bits per heavy atom. The smallest absolute Gasteiger partial charge is 0.195 e. The molecule has 0 fully saturated rings. The van der Waals surface area contributed by atoms with Gasteiger partial charge in [0.25, 0.3) is 0 Å². The van der Waals surface area contributed by atoms with E-state index in [1.807, 2.05) is 26.0 Å². The molecule has 1 aromatic heterocycles. The lowest BCUT2D eigenvalue weighted by molar-refractivity contribution is 0.0190. The van der Waals surface area contributed by atoms with Gasteiger partial charge in [-0.1, -0.05) is 6.92 Å². The van der Waals surface area contributed by atoms with E-state index in [-0.39, 0.29) is 11.9 Å². The van der Waals surface area contributed by atoms with Gasteiger partial charge in [-0.25, -0.2) is 9.99 Å². The Balaban J connectivity index is 2.20. The minimum absolute atomic E-state index is 0.260. The number of aliphatic hydroxyl groups is 2. The number of pyridine rings is 1. The number of hydrogen-bond acceptors (Lipinski definition) is 6. The molecule has 0 saturated carbocycles. The summed E-state index contributed by atoms with van der Waals surface area (Å²) in [6, 6.07) is 3.74. The van der Waals surface area contributed by atoms with Crippen LogP contribution in [0.4, 0.5) is 0 Å². The predicted molar refractivity (Wildman–Crippen MR) is 84.9 cm³/mol. The van der Waals surface area contributed by atoms with Crippen LogP contribution in [0.5, 0.6) is 0 Å². The molecule has 0 aromatic carbocycles. The van der Waals surface area contributed by atoms with Gasteiger partial charge in [0.15, 0.2) is 6.29 Å². The summed E-state index contributed by atoms with van der Waals surface area (Å²) in [7, 11) is 0. The van der Waals surface area contributed by atoms with E-state index in [9.17, 15) is 10.2 Å². The topological polar surface area (TPSA) is 81.3 Å². The Bertz CT molecular complexity index is 581. The highest BCUT2D eigenvalue weighted by Gasteiger charge is 2.22. The van der Waals surface area contributed by atoms with Gasteiger partial charge in [-0.2, -0.15) is 5.10 Å². The molecule has 1 aliphatic heterocycles. The van der Waals surface area contributed by atoms with Crippen molar-refractivity contribution in [3.8, 4) is 0 Å². The molecule has 0 bridgehead atoms. The largest absolute Gasteiger partial charge is 0.363 e. The summed E-state index contributed by atoms with van der Waals surface area (Å²) < 4.78 is 0.770. The monoisotopic (exact) mass is 352 g/mol. The summed E-state index contributed by atoms with van der Waals surface area (Å²) in [6.07, 6.45) is 3.93. The fraction of sp³-hybridized carbons (Fsp3) is 0.357. The molecule has 2 rings (SSSR count). The van der Waals surface area contributed by atoms with Crippen molar-refractivity contribution in [2.45, 2.75) is 32.7 Å². The van der Waals surface area contributed by atoms with Crippen molar-refractivity contribution in [3.63, 3.8) is 0 Å². The summed E-state index contributed by atoms with van der Waals surface area (Å²) >= 11 is 3.28. The molecule has 1 aromatic rings. The van der Waals surface area contributed by atoms with E-state index in [0.717, 1.165) is 15.9 Å². The Hall–Kier alpha value is -1.57. The number of allylic oxidation sites excluding steroid dienone is 1. The molecule has 7 heteroatoms. The molecular weight excluding hydrogens is 336 g/mol. The zero-order chi connectivity index (χ0) is 15.4. The van der Waals surface area contributed by atoms with Crippen molar-refractivity contribution in [1.29, 1.82) is 0 Å². The first-order chi connectivity index (χ1) is 10.0. The summed E-state index contributed by atoms with van der Waals surface area (Å²) in [5.41, 5.74) is 2.01. The van der Waals surface area contributed by atoms with Gasteiger partial charge in [0, 0.05) is 17.5 Å². The van der Waals surface area contributed by atoms with Gasteiger partial charge >= 0.3 is 0 Å². The van der Waals surface area contributed by atoms with Crippen LogP contribution in [0.2, 0.25) is 0 Å².